The van der Waals surface area contributed by atoms with E-state index in [1.54, 1.807) is 19.9 Å². The lowest BCUT2D eigenvalue weighted by Gasteiger charge is -2.26. The molecule has 0 radical (unpaired) electrons. The standard InChI is InChI=1S/C24H31F2N5O3S/c1-12(23(2,3)33)29-11-19-28-7-6-18(30-19)31-22-14(21(27)32)10-17(35-22)20-15(25)8-13(9-16(20)26)24(4,5)34/h6-9,12,17,29,33-34H,10-11H2,1-5H3,(H2,27,32)(H,28,30,31). The van der Waals surface area contributed by atoms with Gasteiger partial charge in [0.15, 0.2) is 0 Å². The Morgan fingerprint density at radius 1 is 1.26 bits per heavy atom. The summed E-state index contributed by atoms with van der Waals surface area (Å²) in [6.45, 7) is 8.40. The number of hydrogen-bond acceptors (Lipinski definition) is 8. The summed E-state index contributed by atoms with van der Waals surface area (Å²) in [5.74, 6) is -1.48. The molecule has 8 nitrogen and oxygen atoms in total. The van der Waals surface area contributed by atoms with Crippen LogP contribution in [0.5, 0.6) is 0 Å². The summed E-state index contributed by atoms with van der Waals surface area (Å²) in [6.07, 6.45) is 1.57. The van der Waals surface area contributed by atoms with Crippen LogP contribution in [0.2, 0.25) is 0 Å². The number of amides is 1. The lowest BCUT2D eigenvalue weighted by Crippen LogP contribution is -2.44. The van der Waals surface area contributed by atoms with Gasteiger partial charge < -0.3 is 26.6 Å². The summed E-state index contributed by atoms with van der Waals surface area (Å²) < 4.78 is 29.8. The molecule has 2 heterocycles. The monoisotopic (exact) mass is 507 g/mol. The molecule has 35 heavy (non-hydrogen) atoms. The van der Waals surface area contributed by atoms with Gasteiger partial charge in [-0.05, 0) is 64.8 Å². The van der Waals surface area contributed by atoms with Gasteiger partial charge in [-0.2, -0.15) is 0 Å². The molecule has 2 unspecified atom stereocenters. The molecule has 1 aromatic carbocycles. The Morgan fingerprint density at radius 2 is 1.89 bits per heavy atom. The van der Waals surface area contributed by atoms with Crippen LogP contribution in [0.25, 0.3) is 0 Å². The number of aromatic nitrogens is 2. The molecule has 0 fully saturated rings. The van der Waals surface area contributed by atoms with Crippen molar-refractivity contribution in [3.63, 3.8) is 0 Å². The highest BCUT2D eigenvalue weighted by Gasteiger charge is 2.34. The number of thioether (sulfide) groups is 1. The highest BCUT2D eigenvalue weighted by atomic mass is 32.2. The largest absolute Gasteiger partial charge is 0.389 e. The van der Waals surface area contributed by atoms with Crippen LogP contribution in [0.1, 0.15) is 63.2 Å². The van der Waals surface area contributed by atoms with Crippen molar-refractivity contribution in [2.24, 2.45) is 5.73 Å². The van der Waals surface area contributed by atoms with E-state index in [9.17, 15) is 23.8 Å². The second-order valence-corrected chi connectivity index (χ2v) is 10.8. The number of nitrogens with one attached hydrogen (secondary N) is 2. The van der Waals surface area contributed by atoms with Crippen LogP contribution in [-0.4, -0.2) is 37.7 Å². The molecule has 3 rings (SSSR count). The minimum Gasteiger partial charge on any atom is -0.389 e. The van der Waals surface area contributed by atoms with Crippen LogP contribution in [0.15, 0.2) is 35.0 Å². The van der Waals surface area contributed by atoms with E-state index in [0.29, 0.717) is 23.2 Å². The summed E-state index contributed by atoms with van der Waals surface area (Å²) in [4.78, 5) is 20.7. The molecule has 190 valence electrons. The zero-order valence-electron chi connectivity index (χ0n) is 20.3. The van der Waals surface area contributed by atoms with E-state index in [2.05, 4.69) is 20.6 Å². The minimum absolute atomic E-state index is 0.0284. The number of halogens is 2. The van der Waals surface area contributed by atoms with Crippen molar-refractivity contribution < 1.29 is 23.8 Å². The number of carbonyl (C=O) groups excluding carboxylic acids is 1. The molecule has 0 spiro atoms. The zero-order chi connectivity index (χ0) is 26.1. The van der Waals surface area contributed by atoms with Gasteiger partial charge in [-0.15, -0.1) is 0 Å². The fraction of sp³-hybridized carbons (Fsp3) is 0.458. The molecule has 0 saturated carbocycles. The average molecular weight is 508 g/mol. The normalized spacial score (nSPS) is 17.6. The van der Waals surface area contributed by atoms with E-state index < -0.39 is 34.0 Å². The lowest BCUT2D eigenvalue weighted by atomic mass is 9.94. The van der Waals surface area contributed by atoms with Crippen molar-refractivity contribution in [3.05, 3.63) is 63.6 Å². The molecule has 2 aromatic rings. The molecule has 1 aliphatic heterocycles. The first kappa shape index (κ1) is 27.0. The first-order valence-corrected chi connectivity index (χ1v) is 12.0. The summed E-state index contributed by atoms with van der Waals surface area (Å²) in [5, 5.41) is 26.0. The Hall–Kier alpha value is -2.60. The van der Waals surface area contributed by atoms with Crippen molar-refractivity contribution in [2.45, 2.75) is 70.1 Å². The Kier molecular flexibility index (Phi) is 7.85. The molecule has 0 bridgehead atoms. The van der Waals surface area contributed by atoms with Gasteiger partial charge in [0.25, 0.3) is 0 Å². The predicted molar refractivity (Wildman–Crippen MR) is 131 cm³/mol. The van der Waals surface area contributed by atoms with Crippen LogP contribution in [-0.2, 0) is 16.9 Å². The number of rotatable bonds is 9. The molecule has 1 amide bonds. The van der Waals surface area contributed by atoms with Crippen molar-refractivity contribution in [2.75, 3.05) is 5.32 Å². The minimum atomic E-state index is -1.41. The second-order valence-electron chi connectivity index (χ2n) is 9.63. The highest BCUT2D eigenvalue weighted by Crippen LogP contribution is 2.49. The van der Waals surface area contributed by atoms with Crippen molar-refractivity contribution >= 4 is 23.5 Å². The highest BCUT2D eigenvalue weighted by molar-refractivity contribution is 8.03. The first-order valence-electron chi connectivity index (χ1n) is 11.1. The van der Waals surface area contributed by atoms with Crippen LogP contribution in [0.4, 0.5) is 14.6 Å². The Labute approximate surface area is 207 Å². The molecule has 11 heteroatoms. The van der Waals surface area contributed by atoms with Gasteiger partial charge in [0.1, 0.15) is 23.3 Å². The third-order valence-electron chi connectivity index (χ3n) is 5.90. The van der Waals surface area contributed by atoms with Crippen molar-refractivity contribution in [1.29, 1.82) is 0 Å². The molecule has 1 aromatic heterocycles. The lowest BCUT2D eigenvalue weighted by molar-refractivity contribution is -0.114. The third-order valence-corrected chi connectivity index (χ3v) is 7.17. The number of nitrogens with zero attached hydrogens (tertiary/aromatic N) is 2. The Morgan fingerprint density at radius 3 is 2.43 bits per heavy atom. The number of primary amides is 1. The summed E-state index contributed by atoms with van der Waals surface area (Å²) in [5.41, 5.74) is 3.35. The van der Waals surface area contributed by atoms with Gasteiger partial charge in [0.2, 0.25) is 5.91 Å². The maximum Gasteiger partial charge on any atom is 0.247 e. The van der Waals surface area contributed by atoms with Crippen LogP contribution < -0.4 is 16.4 Å². The van der Waals surface area contributed by atoms with E-state index in [4.69, 9.17) is 5.73 Å². The Balaban J connectivity index is 1.80. The number of aliphatic hydroxyl groups is 2. The SMILES string of the molecule is CC(NCc1nccc(NC2=C(C(N)=O)CC(c3c(F)cc(C(C)(C)O)cc3F)S2)n1)C(C)(C)O. The van der Waals surface area contributed by atoms with E-state index in [-0.39, 0.29) is 29.2 Å². The number of carbonyl (C=O) groups is 1. The fourth-order valence-corrected chi connectivity index (χ4v) is 4.79. The van der Waals surface area contributed by atoms with Gasteiger partial charge in [-0.25, -0.2) is 18.7 Å². The second kappa shape index (κ2) is 10.2. The molecule has 0 saturated heterocycles. The molecule has 6 N–H and O–H groups in total. The molecule has 2 atom stereocenters. The predicted octanol–water partition coefficient (Wildman–Crippen LogP) is 3.22. The van der Waals surface area contributed by atoms with Gasteiger partial charge in [-0.3, -0.25) is 4.79 Å². The van der Waals surface area contributed by atoms with E-state index >= 15 is 0 Å². The topological polar surface area (TPSA) is 133 Å². The van der Waals surface area contributed by atoms with Gasteiger partial charge in [0, 0.05) is 28.6 Å². The maximum absolute atomic E-state index is 14.9. The molecule has 0 aliphatic carbocycles. The van der Waals surface area contributed by atoms with Gasteiger partial charge in [0.05, 0.1) is 22.8 Å². The molecule has 1 aliphatic rings. The van der Waals surface area contributed by atoms with E-state index in [1.807, 2.05) is 6.92 Å². The number of hydrogen-bond donors (Lipinski definition) is 5. The van der Waals surface area contributed by atoms with Crippen molar-refractivity contribution in [1.82, 2.24) is 15.3 Å². The first-order chi connectivity index (χ1) is 16.2. The number of nitrogens with two attached hydrogens (primary N) is 1. The van der Waals surface area contributed by atoms with Crippen LogP contribution >= 0.6 is 11.8 Å². The van der Waals surface area contributed by atoms with Gasteiger partial charge >= 0.3 is 0 Å². The fourth-order valence-electron chi connectivity index (χ4n) is 3.42. The van der Waals surface area contributed by atoms with E-state index in [1.165, 1.54) is 20.0 Å². The third kappa shape index (κ3) is 6.54. The van der Waals surface area contributed by atoms with Gasteiger partial charge in [-0.1, -0.05) is 11.8 Å². The molecular weight excluding hydrogens is 476 g/mol. The average Bonchev–Trinajstić information content (AvgIpc) is 3.13. The van der Waals surface area contributed by atoms with Crippen LogP contribution in [0, 0.1) is 11.6 Å². The smallest absolute Gasteiger partial charge is 0.247 e. The summed E-state index contributed by atoms with van der Waals surface area (Å²) in [6, 6.07) is 3.59. The Bertz CT molecular complexity index is 1120. The number of anilines is 1. The zero-order valence-corrected chi connectivity index (χ0v) is 21.1. The van der Waals surface area contributed by atoms with E-state index in [0.717, 1.165) is 23.9 Å². The summed E-state index contributed by atoms with van der Waals surface area (Å²) >= 11 is 1.08. The summed E-state index contributed by atoms with van der Waals surface area (Å²) in [7, 11) is 0. The number of benzene rings is 1. The quantitative estimate of drug-likeness (QED) is 0.349. The molecular formula is C24H31F2N5O3S. The van der Waals surface area contributed by atoms with Crippen LogP contribution in [0.3, 0.4) is 0 Å². The van der Waals surface area contributed by atoms with Crippen molar-refractivity contribution in [3.8, 4) is 0 Å². The maximum atomic E-state index is 14.9.